The van der Waals surface area contributed by atoms with E-state index in [1.807, 2.05) is 13.2 Å². The van der Waals surface area contributed by atoms with Gasteiger partial charge in [0.2, 0.25) is 0 Å². The van der Waals surface area contributed by atoms with Crippen molar-refractivity contribution in [3.8, 4) is 11.5 Å². The first-order valence-electron chi connectivity index (χ1n) is 6.86. The number of hydrogen-bond donors (Lipinski definition) is 0. The fraction of sp³-hybridized carbons (Fsp3) is 0.333. The van der Waals surface area contributed by atoms with Crippen molar-refractivity contribution in [3.05, 3.63) is 40.7 Å². The molecule has 0 atom stereocenters. The fourth-order valence-electron chi connectivity index (χ4n) is 2.35. The van der Waals surface area contributed by atoms with E-state index < -0.39 is 0 Å². The van der Waals surface area contributed by atoms with Gasteiger partial charge in [-0.2, -0.15) is 5.10 Å². The van der Waals surface area contributed by atoms with Crippen LogP contribution in [0.1, 0.15) is 15.9 Å². The summed E-state index contributed by atoms with van der Waals surface area (Å²) >= 11 is 6.17. The minimum atomic E-state index is -0.136. The van der Waals surface area contributed by atoms with Crippen LogP contribution in [-0.2, 0) is 13.6 Å². The van der Waals surface area contributed by atoms with Crippen LogP contribution in [0.15, 0.2) is 24.5 Å². The van der Waals surface area contributed by atoms with Gasteiger partial charge in [-0.05, 0) is 12.1 Å². The topological polar surface area (TPSA) is 56.6 Å². The number of carbonyl (C=O) groups excluding carboxylic acids is 1. The van der Waals surface area contributed by atoms with Crippen LogP contribution in [0.25, 0.3) is 0 Å². The van der Waals surface area contributed by atoms with E-state index >= 15 is 0 Å². The summed E-state index contributed by atoms with van der Waals surface area (Å²) in [5, 5.41) is 4.48. The predicted octanol–water partition coefficient (Wildman–Crippen LogP) is 2.12. The summed E-state index contributed by atoms with van der Waals surface area (Å²) in [4.78, 5) is 14.1. The highest BCUT2D eigenvalue weighted by molar-refractivity contribution is 6.32. The Morgan fingerprint density at radius 3 is 2.91 bits per heavy atom. The second-order valence-corrected chi connectivity index (χ2v) is 5.57. The molecule has 116 valence electrons. The van der Waals surface area contributed by atoms with Gasteiger partial charge in [-0.25, -0.2) is 0 Å². The lowest BCUT2D eigenvalue weighted by Gasteiger charge is -2.21. The number of amides is 1. The Morgan fingerprint density at radius 1 is 1.41 bits per heavy atom. The monoisotopic (exact) mass is 321 g/mol. The molecule has 1 amide bonds. The Kier molecular flexibility index (Phi) is 3.94. The molecule has 1 aromatic heterocycles. The smallest absolute Gasteiger partial charge is 0.254 e. The number of fused-ring (bicyclic) bond motifs is 1. The largest absolute Gasteiger partial charge is 0.486 e. The van der Waals surface area contributed by atoms with Gasteiger partial charge < -0.3 is 14.4 Å². The molecule has 0 saturated heterocycles. The zero-order valence-electron chi connectivity index (χ0n) is 12.4. The van der Waals surface area contributed by atoms with E-state index in [1.165, 1.54) is 0 Å². The van der Waals surface area contributed by atoms with Gasteiger partial charge in [0, 0.05) is 38.0 Å². The van der Waals surface area contributed by atoms with Gasteiger partial charge in [0.05, 0.1) is 11.2 Å². The van der Waals surface area contributed by atoms with Crippen molar-refractivity contribution in [1.82, 2.24) is 14.7 Å². The Balaban J connectivity index is 1.80. The third kappa shape index (κ3) is 2.87. The zero-order chi connectivity index (χ0) is 15.7. The summed E-state index contributed by atoms with van der Waals surface area (Å²) in [6.45, 7) is 1.38. The van der Waals surface area contributed by atoms with Gasteiger partial charge in [-0.1, -0.05) is 11.6 Å². The number of hydrogen-bond acceptors (Lipinski definition) is 4. The summed E-state index contributed by atoms with van der Waals surface area (Å²) in [6.07, 6.45) is 3.61. The van der Waals surface area contributed by atoms with Crippen molar-refractivity contribution >= 4 is 17.5 Å². The molecule has 1 aliphatic heterocycles. The summed E-state index contributed by atoms with van der Waals surface area (Å²) in [5.74, 6) is 0.874. The average molecular weight is 322 g/mol. The SMILES string of the molecule is CN(Cc1cnn(C)c1)C(=O)c1cc(Cl)c2c(c1)OCCO2. The maximum Gasteiger partial charge on any atom is 0.254 e. The minimum absolute atomic E-state index is 0.136. The molecular weight excluding hydrogens is 306 g/mol. The maximum absolute atomic E-state index is 12.5. The molecule has 0 saturated carbocycles. The molecule has 0 spiro atoms. The van der Waals surface area contributed by atoms with Gasteiger partial charge in [0.25, 0.3) is 5.91 Å². The summed E-state index contributed by atoms with van der Waals surface area (Å²) in [6, 6.07) is 3.28. The molecule has 0 fully saturated rings. The molecule has 3 rings (SSSR count). The number of aromatic nitrogens is 2. The number of ether oxygens (including phenoxy) is 2. The molecule has 1 aromatic carbocycles. The quantitative estimate of drug-likeness (QED) is 0.869. The van der Waals surface area contributed by atoms with E-state index in [0.717, 1.165) is 5.56 Å². The van der Waals surface area contributed by atoms with Crippen molar-refractivity contribution < 1.29 is 14.3 Å². The molecule has 0 unspecified atom stereocenters. The molecule has 0 bridgehead atoms. The van der Waals surface area contributed by atoms with Crippen LogP contribution in [0, 0.1) is 0 Å². The molecule has 0 N–H and O–H groups in total. The molecule has 1 aliphatic rings. The zero-order valence-corrected chi connectivity index (χ0v) is 13.1. The minimum Gasteiger partial charge on any atom is -0.486 e. The number of aryl methyl sites for hydroxylation is 1. The lowest BCUT2D eigenvalue weighted by Crippen LogP contribution is -2.26. The molecular formula is C15H16ClN3O3. The highest BCUT2D eigenvalue weighted by Gasteiger charge is 2.21. The third-order valence-corrected chi connectivity index (χ3v) is 3.65. The molecule has 0 aliphatic carbocycles. The van der Waals surface area contributed by atoms with Gasteiger partial charge in [0.15, 0.2) is 11.5 Å². The summed E-state index contributed by atoms with van der Waals surface area (Å²) in [7, 11) is 3.58. The van der Waals surface area contributed by atoms with Crippen LogP contribution >= 0.6 is 11.6 Å². The number of benzene rings is 1. The first-order valence-corrected chi connectivity index (χ1v) is 7.24. The lowest BCUT2D eigenvalue weighted by atomic mass is 10.1. The molecule has 2 heterocycles. The van der Waals surface area contributed by atoms with Crippen LogP contribution in [0.2, 0.25) is 5.02 Å². The molecule has 2 aromatic rings. The van der Waals surface area contributed by atoms with Crippen molar-refractivity contribution in [2.75, 3.05) is 20.3 Å². The van der Waals surface area contributed by atoms with Crippen molar-refractivity contribution in [3.63, 3.8) is 0 Å². The van der Waals surface area contributed by atoms with E-state index in [9.17, 15) is 4.79 Å². The average Bonchev–Trinajstić information content (AvgIpc) is 2.91. The first kappa shape index (κ1) is 14.7. The third-order valence-electron chi connectivity index (χ3n) is 3.37. The highest BCUT2D eigenvalue weighted by Crippen LogP contribution is 2.38. The van der Waals surface area contributed by atoms with E-state index in [1.54, 1.807) is 35.0 Å². The Bertz CT molecular complexity index is 714. The van der Waals surface area contributed by atoms with Crippen LogP contribution in [0.5, 0.6) is 11.5 Å². The second kappa shape index (κ2) is 5.88. The van der Waals surface area contributed by atoms with E-state index in [0.29, 0.717) is 41.8 Å². The van der Waals surface area contributed by atoms with Gasteiger partial charge >= 0.3 is 0 Å². The fourth-order valence-corrected chi connectivity index (χ4v) is 2.62. The maximum atomic E-state index is 12.5. The summed E-state index contributed by atoms with van der Waals surface area (Å²) in [5.41, 5.74) is 1.43. The van der Waals surface area contributed by atoms with Crippen molar-refractivity contribution in [2.45, 2.75) is 6.54 Å². The molecule has 7 heteroatoms. The normalized spacial score (nSPS) is 13.0. The van der Waals surface area contributed by atoms with Crippen LogP contribution in [-0.4, -0.2) is 40.8 Å². The molecule has 0 radical (unpaired) electrons. The molecule has 22 heavy (non-hydrogen) atoms. The Hall–Kier alpha value is -2.21. The number of rotatable bonds is 3. The van der Waals surface area contributed by atoms with Gasteiger partial charge in [-0.15, -0.1) is 0 Å². The van der Waals surface area contributed by atoms with Crippen molar-refractivity contribution in [2.24, 2.45) is 7.05 Å². The highest BCUT2D eigenvalue weighted by atomic mass is 35.5. The van der Waals surface area contributed by atoms with Crippen LogP contribution < -0.4 is 9.47 Å². The second-order valence-electron chi connectivity index (χ2n) is 5.17. The number of nitrogens with zero attached hydrogens (tertiary/aromatic N) is 3. The Morgan fingerprint density at radius 2 is 2.18 bits per heavy atom. The number of carbonyl (C=O) groups is 1. The first-order chi connectivity index (χ1) is 10.5. The molecule has 6 nitrogen and oxygen atoms in total. The lowest BCUT2D eigenvalue weighted by molar-refractivity contribution is 0.0784. The van der Waals surface area contributed by atoms with E-state index in [2.05, 4.69) is 5.10 Å². The summed E-state index contributed by atoms with van der Waals surface area (Å²) < 4.78 is 12.7. The van der Waals surface area contributed by atoms with Crippen LogP contribution in [0.3, 0.4) is 0 Å². The van der Waals surface area contributed by atoms with Gasteiger partial charge in [-0.3, -0.25) is 9.48 Å². The van der Waals surface area contributed by atoms with Crippen molar-refractivity contribution in [1.29, 1.82) is 0 Å². The van der Waals surface area contributed by atoms with Gasteiger partial charge in [0.1, 0.15) is 13.2 Å². The predicted molar refractivity (Wildman–Crippen MR) is 81.4 cm³/mol. The van der Waals surface area contributed by atoms with E-state index in [4.69, 9.17) is 21.1 Å². The number of halogens is 1. The van der Waals surface area contributed by atoms with Crippen LogP contribution in [0.4, 0.5) is 0 Å². The Labute approximate surface area is 133 Å². The standard InChI is InChI=1S/C15H16ClN3O3/c1-18(8-10-7-17-19(2)9-10)15(20)11-5-12(16)14-13(6-11)21-3-4-22-14/h5-7,9H,3-4,8H2,1-2H3. The van der Waals surface area contributed by atoms with E-state index in [-0.39, 0.29) is 5.91 Å².